The van der Waals surface area contributed by atoms with Crippen molar-refractivity contribution in [2.24, 2.45) is 0 Å². The summed E-state index contributed by atoms with van der Waals surface area (Å²) in [5, 5.41) is 5.29. The predicted molar refractivity (Wildman–Crippen MR) is 110 cm³/mol. The number of thiophene rings is 1. The number of nitrogens with one attached hydrogen (secondary N) is 1. The van der Waals surface area contributed by atoms with Crippen molar-refractivity contribution >= 4 is 17.2 Å². The van der Waals surface area contributed by atoms with E-state index < -0.39 is 0 Å². The number of carbonyl (C=O) groups excluding carboxylic acids is 1. The van der Waals surface area contributed by atoms with Crippen molar-refractivity contribution in [3.05, 3.63) is 51.2 Å². The van der Waals surface area contributed by atoms with Crippen LogP contribution < -0.4 is 10.1 Å². The Hall–Kier alpha value is -1.85. The molecule has 1 aromatic carbocycles. The number of hydrogen-bond acceptors (Lipinski definition) is 4. The molecule has 0 saturated carbocycles. The molecular formula is C22H28N2O2S. The molecule has 2 unspecified atom stereocenters. The lowest BCUT2D eigenvalue weighted by Crippen LogP contribution is -2.48. The first-order valence-electron chi connectivity index (χ1n) is 9.80. The summed E-state index contributed by atoms with van der Waals surface area (Å²) in [6, 6.07) is 9.71. The van der Waals surface area contributed by atoms with Crippen LogP contribution in [-0.2, 0) is 6.61 Å². The molecule has 2 atom stereocenters. The fraction of sp³-hybridized carbons (Fsp3) is 0.500. The average molecular weight is 385 g/mol. The van der Waals surface area contributed by atoms with Crippen LogP contribution >= 0.6 is 11.3 Å². The zero-order valence-electron chi connectivity index (χ0n) is 16.3. The zero-order valence-corrected chi connectivity index (χ0v) is 17.1. The molecule has 1 amide bonds. The molecule has 2 bridgehead atoms. The highest BCUT2D eigenvalue weighted by atomic mass is 32.1. The quantitative estimate of drug-likeness (QED) is 0.836. The molecule has 1 N–H and O–H groups in total. The third-order valence-corrected chi connectivity index (χ3v) is 7.08. The Morgan fingerprint density at radius 3 is 2.56 bits per heavy atom. The van der Waals surface area contributed by atoms with Crippen molar-refractivity contribution in [1.82, 2.24) is 10.2 Å². The molecule has 2 aliphatic heterocycles. The largest absolute Gasteiger partial charge is 0.488 e. The van der Waals surface area contributed by atoms with Crippen molar-refractivity contribution in [1.29, 1.82) is 0 Å². The Kier molecular flexibility index (Phi) is 5.24. The molecule has 0 aliphatic carbocycles. The number of benzene rings is 1. The Labute approximate surface area is 165 Å². The van der Waals surface area contributed by atoms with E-state index in [1.54, 1.807) is 0 Å². The monoisotopic (exact) mass is 384 g/mol. The Balaban J connectivity index is 1.34. The molecule has 2 aliphatic rings. The van der Waals surface area contributed by atoms with E-state index in [0.29, 0.717) is 24.7 Å². The van der Waals surface area contributed by atoms with Gasteiger partial charge < -0.3 is 15.0 Å². The summed E-state index contributed by atoms with van der Waals surface area (Å²) in [5.74, 6) is 1.00. The van der Waals surface area contributed by atoms with Crippen molar-refractivity contribution in [2.75, 3.05) is 7.05 Å². The fourth-order valence-corrected chi connectivity index (χ4v) is 5.34. The molecule has 4 nitrogen and oxygen atoms in total. The van der Waals surface area contributed by atoms with Crippen LogP contribution in [0.1, 0.15) is 52.0 Å². The number of hydrogen-bond donors (Lipinski definition) is 1. The Morgan fingerprint density at radius 2 is 1.89 bits per heavy atom. The van der Waals surface area contributed by atoms with E-state index in [2.05, 4.69) is 43.2 Å². The number of para-hydroxylation sites is 1. The number of ether oxygens (including phenoxy) is 1. The average Bonchev–Trinajstić information content (AvgIpc) is 3.17. The van der Waals surface area contributed by atoms with Crippen molar-refractivity contribution in [3.8, 4) is 5.75 Å². The zero-order chi connectivity index (χ0) is 19.0. The van der Waals surface area contributed by atoms with Gasteiger partial charge >= 0.3 is 0 Å². The predicted octanol–water partition coefficient (Wildman–Crippen LogP) is 4.30. The van der Waals surface area contributed by atoms with Crippen LogP contribution in [-0.4, -0.2) is 36.0 Å². The number of carbonyl (C=O) groups is 1. The van der Waals surface area contributed by atoms with Gasteiger partial charge in [-0.1, -0.05) is 18.2 Å². The molecule has 3 heterocycles. The topological polar surface area (TPSA) is 41.6 Å². The van der Waals surface area contributed by atoms with Gasteiger partial charge in [0, 0.05) is 23.7 Å². The first-order chi connectivity index (χ1) is 13.0. The fourth-order valence-electron chi connectivity index (χ4n) is 4.54. The highest BCUT2D eigenvalue weighted by Crippen LogP contribution is 2.34. The van der Waals surface area contributed by atoms with E-state index >= 15 is 0 Å². The molecule has 27 heavy (non-hydrogen) atoms. The summed E-state index contributed by atoms with van der Waals surface area (Å²) >= 11 is 1.51. The first kappa shape index (κ1) is 18.5. The third kappa shape index (κ3) is 3.90. The van der Waals surface area contributed by atoms with Crippen molar-refractivity contribution < 1.29 is 9.53 Å². The SMILES string of the molecule is Cc1cccc(C)c1OCc1csc(C(=O)NC2CC3CCC(C2)N3C)c1. The molecule has 5 heteroatoms. The van der Waals surface area contributed by atoms with Gasteiger partial charge in [0.05, 0.1) is 4.88 Å². The summed E-state index contributed by atoms with van der Waals surface area (Å²) in [7, 11) is 2.22. The summed E-state index contributed by atoms with van der Waals surface area (Å²) in [5.41, 5.74) is 3.33. The number of rotatable bonds is 5. The normalized spacial score (nSPS) is 24.8. The minimum Gasteiger partial charge on any atom is -0.488 e. The minimum absolute atomic E-state index is 0.0623. The van der Waals surface area contributed by atoms with E-state index in [0.717, 1.165) is 40.2 Å². The molecule has 0 spiro atoms. The van der Waals surface area contributed by atoms with E-state index in [1.807, 2.05) is 17.5 Å². The number of aryl methyl sites for hydroxylation is 2. The first-order valence-corrected chi connectivity index (χ1v) is 10.7. The van der Waals surface area contributed by atoms with Gasteiger partial charge in [0.25, 0.3) is 5.91 Å². The van der Waals surface area contributed by atoms with Crippen LogP contribution in [0.3, 0.4) is 0 Å². The lowest BCUT2D eigenvalue weighted by atomic mass is 9.98. The highest BCUT2D eigenvalue weighted by molar-refractivity contribution is 7.12. The number of fused-ring (bicyclic) bond motifs is 2. The summed E-state index contributed by atoms with van der Waals surface area (Å²) in [6.45, 7) is 4.61. The lowest BCUT2D eigenvalue weighted by molar-refractivity contribution is 0.0886. The molecule has 0 radical (unpaired) electrons. The maximum Gasteiger partial charge on any atom is 0.261 e. The van der Waals surface area contributed by atoms with Gasteiger partial charge in [0.15, 0.2) is 0 Å². The molecule has 2 saturated heterocycles. The minimum atomic E-state index is 0.0623. The summed E-state index contributed by atoms with van der Waals surface area (Å²) in [4.78, 5) is 15.9. The van der Waals surface area contributed by atoms with E-state index in [-0.39, 0.29) is 5.91 Å². The second-order valence-corrected chi connectivity index (χ2v) is 8.93. The molecule has 4 rings (SSSR count). The lowest BCUT2D eigenvalue weighted by Gasteiger charge is -2.36. The van der Waals surface area contributed by atoms with E-state index in [1.165, 1.54) is 24.2 Å². The van der Waals surface area contributed by atoms with Crippen LogP contribution in [0.15, 0.2) is 29.6 Å². The maximum absolute atomic E-state index is 12.7. The van der Waals surface area contributed by atoms with Gasteiger partial charge in [-0.2, -0.15) is 0 Å². The Bertz CT molecular complexity index is 797. The Morgan fingerprint density at radius 1 is 1.22 bits per heavy atom. The maximum atomic E-state index is 12.7. The molecule has 2 fully saturated rings. The van der Waals surface area contributed by atoms with Crippen LogP contribution in [0.2, 0.25) is 0 Å². The van der Waals surface area contributed by atoms with Crippen molar-refractivity contribution in [3.63, 3.8) is 0 Å². The number of amides is 1. The van der Waals surface area contributed by atoms with E-state index in [4.69, 9.17) is 4.74 Å². The third-order valence-electron chi connectivity index (χ3n) is 6.10. The van der Waals surface area contributed by atoms with Crippen molar-refractivity contribution in [2.45, 2.75) is 64.3 Å². The van der Waals surface area contributed by atoms with Gasteiger partial charge in [0.2, 0.25) is 0 Å². The molecule has 2 aromatic rings. The number of piperidine rings is 1. The summed E-state index contributed by atoms with van der Waals surface area (Å²) in [6.07, 6.45) is 4.69. The smallest absolute Gasteiger partial charge is 0.261 e. The molecule has 144 valence electrons. The number of nitrogens with zero attached hydrogens (tertiary/aromatic N) is 1. The standard InChI is InChI=1S/C22H28N2O2S/c1-14-5-4-6-15(2)21(14)26-12-16-9-20(27-13-16)22(25)23-17-10-18-7-8-19(11-17)24(18)3/h4-6,9,13,17-19H,7-8,10-12H2,1-3H3,(H,23,25). The van der Waals surface area contributed by atoms with Crippen LogP contribution in [0.25, 0.3) is 0 Å². The second kappa shape index (κ2) is 7.64. The van der Waals surface area contributed by atoms with Gasteiger partial charge in [-0.15, -0.1) is 11.3 Å². The van der Waals surface area contributed by atoms with Gasteiger partial charge in [-0.05, 0) is 69.2 Å². The van der Waals surface area contributed by atoms with Gasteiger partial charge in [-0.25, -0.2) is 0 Å². The van der Waals surface area contributed by atoms with Gasteiger partial charge in [-0.3, -0.25) is 4.79 Å². The second-order valence-electron chi connectivity index (χ2n) is 8.02. The van der Waals surface area contributed by atoms with Gasteiger partial charge in [0.1, 0.15) is 12.4 Å². The highest BCUT2D eigenvalue weighted by Gasteiger charge is 2.38. The van der Waals surface area contributed by atoms with Crippen LogP contribution in [0, 0.1) is 13.8 Å². The van der Waals surface area contributed by atoms with Crippen LogP contribution in [0.5, 0.6) is 5.75 Å². The summed E-state index contributed by atoms with van der Waals surface area (Å²) < 4.78 is 6.01. The van der Waals surface area contributed by atoms with Crippen LogP contribution in [0.4, 0.5) is 0 Å². The molecule has 1 aromatic heterocycles. The van der Waals surface area contributed by atoms with E-state index in [9.17, 15) is 4.79 Å². The molecular weight excluding hydrogens is 356 g/mol.